The Labute approximate surface area is 107 Å². The van der Waals surface area contributed by atoms with Crippen molar-refractivity contribution < 1.29 is 4.42 Å². The fourth-order valence-electron chi connectivity index (χ4n) is 1.75. The van der Waals surface area contributed by atoms with E-state index in [4.69, 9.17) is 10.2 Å². The van der Waals surface area contributed by atoms with Gasteiger partial charge in [-0.05, 0) is 26.0 Å². The summed E-state index contributed by atoms with van der Waals surface area (Å²) in [6, 6.07) is 3.83. The van der Waals surface area contributed by atoms with Crippen LogP contribution in [-0.2, 0) is 13.1 Å². The Hall–Kier alpha value is -1.88. The molecule has 2 heterocycles. The second-order valence-corrected chi connectivity index (χ2v) is 4.08. The van der Waals surface area contributed by atoms with Gasteiger partial charge >= 0.3 is 0 Å². The summed E-state index contributed by atoms with van der Waals surface area (Å²) in [6.07, 6.45) is 3.47. The molecule has 0 aromatic carbocycles. The highest BCUT2D eigenvalue weighted by molar-refractivity contribution is 5.33. The average Bonchev–Trinajstić information content (AvgIpc) is 2.88. The molecule has 0 saturated heterocycles. The van der Waals surface area contributed by atoms with E-state index < -0.39 is 0 Å². The van der Waals surface area contributed by atoms with Crippen molar-refractivity contribution in [3.63, 3.8) is 0 Å². The molecular weight excluding hydrogens is 228 g/mol. The van der Waals surface area contributed by atoms with Crippen molar-refractivity contribution in [1.82, 2.24) is 9.97 Å². The largest absolute Gasteiger partial charge is 0.467 e. The second kappa shape index (κ2) is 5.64. The predicted molar refractivity (Wildman–Crippen MR) is 70.1 cm³/mol. The zero-order valence-electron chi connectivity index (χ0n) is 10.8. The maximum atomic E-state index is 5.61. The van der Waals surface area contributed by atoms with Crippen LogP contribution < -0.4 is 10.6 Å². The molecule has 2 rings (SSSR count). The van der Waals surface area contributed by atoms with E-state index in [9.17, 15) is 0 Å². The number of furan rings is 1. The quantitative estimate of drug-likeness (QED) is 0.872. The smallest absolute Gasteiger partial charge is 0.225 e. The van der Waals surface area contributed by atoms with E-state index in [1.54, 1.807) is 12.5 Å². The fourth-order valence-corrected chi connectivity index (χ4v) is 1.75. The minimum atomic E-state index is 0.469. The van der Waals surface area contributed by atoms with Gasteiger partial charge in [0.1, 0.15) is 5.76 Å². The molecule has 0 saturated carbocycles. The van der Waals surface area contributed by atoms with Gasteiger partial charge in [-0.3, -0.25) is 0 Å². The van der Waals surface area contributed by atoms with E-state index in [2.05, 4.69) is 21.8 Å². The summed E-state index contributed by atoms with van der Waals surface area (Å²) >= 11 is 0. The third-order valence-corrected chi connectivity index (χ3v) is 2.88. The first-order valence-corrected chi connectivity index (χ1v) is 6.04. The summed E-state index contributed by atoms with van der Waals surface area (Å²) in [7, 11) is 0. The molecule has 0 spiro atoms. The third-order valence-electron chi connectivity index (χ3n) is 2.88. The monoisotopic (exact) mass is 246 g/mol. The summed E-state index contributed by atoms with van der Waals surface area (Å²) in [5, 5.41) is 0. The lowest BCUT2D eigenvalue weighted by molar-refractivity contribution is 0.501. The van der Waals surface area contributed by atoms with Gasteiger partial charge in [-0.15, -0.1) is 0 Å². The van der Waals surface area contributed by atoms with Crippen molar-refractivity contribution in [3.8, 4) is 0 Å². The molecule has 18 heavy (non-hydrogen) atoms. The number of hydrogen-bond donors (Lipinski definition) is 1. The third kappa shape index (κ3) is 2.68. The maximum absolute atomic E-state index is 5.61. The van der Waals surface area contributed by atoms with Crippen LogP contribution in [0.5, 0.6) is 0 Å². The Morgan fingerprint density at radius 2 is 2.28 bits per heavy atom. The Kier molecular flexibility index (Phi) is 3.94. The number of rotatable bonds is 5. The lowest BCUT2D eigenvalue weighted by Gasteiger charge is -2.20. The zero-order chi connectivity index (χ0) is 13.0. The average molecular weight is 246 g/mol. The summed E-state index contributed by atoms with van der Waals surface area (Å²) in [4.78, 5) is 10.9. The highest BCUT2D eigenvalue weighted by Crippen LogP contribution is 2.14. The molecule has 2 aromatic rings. The molecule has 96 valence electrons. The van der Waals surface area contributed by atoms with Crippen LogP contribution in [-0.4, -0.2) is 16.5 Å². The Morgan fingerprint density at radius 1 is 1.44 bits per heavy atom. The van der Waals surface area contributed by atoms with Crippen LogP contribution in [0.1, 0.15) is 23.9 Å². The van der Waals surface area contributed by atoms with Crippen LogP contribution in [0.2, 0.25) is 0 Å². The molecule has 0 aliphatic heterocycles. The number of hydrogen-bond acceptors (Lipinski definition) is 5. The van der Waals surface area contributed by atoms with Crippen LogP contribution in [0.3, 0.4) is 0 Å². The fraction of sp³-hybridized carbons (Fsp3) is 0.385. The van der Waals surface area contributed by atoms with Crippen LogP contribution >= 0.6 is 0 Å². The highest BCUT2D eigenvalue weighted by atomic mass is 16.3. The van der Waals surface area contributed by atoms with Gasteiger partial charge in [0.15, 0.2) is 0 Å². The van der Waals surface area contributed by atoms with Gasteiger partial charge in [-0.2, -0.15) is 0 Å². The van der Waals surface area contributed by atoms with Gasteiger partial charge in [-0.1, -0.05) is 0 Å². The molecule has 0 aliphatic rings. The standard InChI is InChI=1S/C13H18N4O/c1-3-17(9-12-5-4-6-18-12)13-15-8-11(7-14)10(2)16-13/h4-6,8H,3,7,9,14H2,1-2H3. The molecule has 5 nitrogen and oxygen atoms in total. The zero-order valence-corrected chi connectivity index (χ0v) is 10.8. The molecule has 0 unspecified atom stereocenters. The summed E-state index contributed by atoms with van der Waals surface area (Å²) in [5.41, 5.74) is 7.52. The first-order valence-electron chi connectivity index (χ1n) is 6.04. The lowest BCUT2D eigenvalue weighted by Crippen LogP contribution is -2.24. The Morgan fingerprint density at radius 3 is 2.83 bits per heavy atom. The molecule has 0 amide bonds. The Balaban J connectivity index is 2.19. The van der Waals surface area contributed by atoms with Gasteiger partial charge in [0.25, 0.3) is 0 Å². The van der Waals surface area contributed by atoms with Crippen LogP contribution in [0.4, 0.5) is 5.95 Å². The SMILES string of the molecule is CCN(Cc1ccco1)c1ncc(CN)c(C)n1. The minimum Gasteiger partial charge on any atom is -0.467 e. The molecule has 0 aliphatic carbocycles. The minimum absolute atomic E-state index is 0.469. The van der Waals surface area contributed by atoms with Gasteiger partial charge in [0.2, 0.25) is 5.95 Å². The van der Waals surface area contributed by atoms with Crippen molar-refractivity contribution in [1.29, 1.82) is 0 Å². The van der Waals surface area contributed by atoms with E-state index in [0.29, 0.717) is 19.0 Å². The summed E-state index contributed by atoms with van der Waals surface area (Å²) < 4.78 is 5.35. The number of nitrogens with two attached hydrogens (primary N) is 1. The van der Waals surface area contributed by atoms with Crippen molar-refractivity contribution in [2.24, 2.45) is 5.73 Å². The Bertz CT molecular complexity index is 496. The van der Waals surface area contributed by atoms with E-state index in [1.165, 1.54) is 0 Å². The van der Waals surface area contributed by atoms with Gasteiger partial charge < -0.3 is 15.1 Å². The molecular formula is C13H18N4O. The second-order valence-electron chi connectivity index (χ2n) is 4.08. The van der Waals surface area contributed by atoms with Crippen LogP contribution in [0, 0.1) is 6.92 Å². The first kappa shape index (κ1) is 12.6. The molecule has 2 aromatic heterocycles. The van der Waals surface area contributed by atoms with Crippen LogP contribution in [0.15, 0.2) is 29.0 Å². The normalized spacial score (nSPS) is 10.6. The van der Waals surface area contributed by atoms with E-state index >= 15 is 0 Å². The van der Waals surface area contributed by atoms with Crippen LogP contribution in [0.25, 0.3) is 0 Å². The topological polar surface area (TPSA) is 68.2 Å². The van der Waals surface area contributed by atoms with Gasteiger partial charge in [0, 0.05) is 30.5 Å². The molecule has 2 N–H and O–H groups in total. The summed E-state index contributed by atoms with van der Waals surface area (Å²) in [5.74, 6) is 1.62. The van der Waals surface area contributed by atoms with E-state index in [0.717, 1.165) is 23.6 Å². The van der Waals surface area contributed by atoms with Gasteiger partial charge in [0.05, 0.1) is 12.8 Å². The molecule has 0 bridgehead atoms. The maximum Gasteiger partial charge on any atom is 0.225 e. The molecule has 0 radical (unpaired) electrons. The van der Waals surface area contributed by atoms with Gasteiger partial charge in [-0.25, -0.2) is 9.97 Å². The summed E-state index contributed by atoms with van der Waals surface area (Å²) in [6.45, 7) is 5.98. The van der Waals surface area contributed by atoms with E-state index in [-0.39, 0.29) is 0 Å². The number of aryl methyl sites for hydroxylation is 1. The van der Waals surface area contributed by atoms with Crippen molar-refractivity contribution in [2.45, 2.75) is 26.9 Å². The van der Waals surface area contributed by atoms with E-state index in [1.807, 2.05) is 19.1 Å². The number of aromatic nitrogens is 2. The molecule has 5 heteroatoms. The predicted octanol–water partition coefficient (Wildman–Crippen LogP) is 1.86. The lowest BCUT2D eigenvalue weighted by atomic mass is 10.2. The van der Waals surface area contributed by atoms with Crippen molar-refractivity contribution >= 4 is 5.95 Å². The number of anilines is 1. The molecule has 0 fully saturated rings. The van der Waals surface area contributed by atoms with Crippen molar-refractivity contribution in [3.05, 3.63) is 41.6 Å². The molecule has 0 atom stereocenters. The number of nitrogens with zero attached hydrogens (tertiary/aromatic N) is 3. The highest BCUT2D eigenvalue weighted by Gasteiger charge is 2.11. The first-order chi connectivity index (χ1) is 8.74. The van der Waals surface area contributed by atoms with Crippen molar-refractivity contribution in [2.75, 3.05) is 11.4 Å².